The van der Waals surface area contributed by atoms with E-state index in [9.17, 15) is 4.79 Å². The lowest BCUT2D eigenvalue weighted by Crippen LogP contribution is -2.45. The van der Waals surface area contributed by atoms with E-state index in [1.54, 1.807) is 0 Å². The molecule has 0 aliphatic carbocycles. The highest BCUT2D eigenvalue weighted by Crippen LogP contribution is 2.20. The molecule has 3 rings (SSSR count). The molecular formula is C19H26ClN3O. The van der Waals surface area contributed by atoms with Crippen LogP contribution >= 0.6 is 12.4 Å². The summed E-state index contributed by atoms with van der Waals surface area (Å²) in [4.78, 5) is 14.7. The maximum atomic E-state index is 12.8. The van der Waals surface area contributed by atoms with E-state index in [0.717, 1.165) is 42.9 Å². The van der Waals surface area contributed by atoms with Crippen LogP contribution in [-0.2, 0) is 6.54 Å². The molecule has 1 aromatic carbocycles. The molecule has 1 unspecified atom stereocenters. The zero-order chi connectivity index (χ0) is 16.4. The number of carbonyl (C=O) groups is 1. The van der Waals surface area contributed by atoms with Gasteiger partial charge in [-0.3, -0.25) is 4.79 Å². The zero-order valence-electron chi connectivity index (χ0n) is 14.4. The number of aryl methyl sites for hydroxylation is 1. The van der Waals surface area contributed by atoms with Crippen molar-refractivity contribution in [2.75, 3.05) is 13.1 Å². The fourth-order valence-corrected chi connectivity index (χ4v) is 3.39. The summed E-state index contributed by atoms with van der Waals surface area (Å²) in [5.74, 6) is 0.118. The summed E-state index contributed by atoms with van der Waals surface area (Å²) in [5, 5.41) is 0. The number of hydrogen-bond acceptors (Lipinski definition) is 2. The van der Waals surface area contributed by atoms with Crippen molar-refractivity contribution in [2.45, 2.75) is 39.3 Å². The van der Waals surface area contributed by atoms with Gasteiger partial charge in [0.05, 0.1) is 5.56 Å². The third kappa shape index (κ3) is 3.82. The Morgan fingerprint density at radius 3 is 2.62 bits per heavy atom. The Morgan fingerprint density at radius 2 is 1.96 bits per heavy atom. The zero-order valence-corrected chi connectivity index (χ0v) is 15.2. The fourth-order valence-electron chi connectivity index (χ4n) is 3.39. The third-order valence-electron chi connectivity index (χ3n) is 4.73. The molecule has 4 nitrogen and oxygen atoms in total. The molecule has 5 heteroatoms. The molecule has 1 aliphatic rings. The summed E-state index contributed by atoms with van der Waals surface area (Å²) in [6.45, 7) is 6.38. The molecule has 0 spiro atoms. The van der Waals surface area contributed by atoms with Gasteiger partial charge in [-0.25, -0.2) is 0 Å². The van der Waals surface area contributed by atoms with Crippen LogP contribution < -0.4 is 5.73 Å². The first-order valence-corrected chi connectivity index (χ1v) is 8.32. The summed E-state index contributed by atoms with van der Waals surface area (Å²) in [7, 11) is 0. The van der Waals surface area contributed by atoms with Crippen LogP contribution in [0.5, 0.6) is 0 Å². The first-order valence-electron chi connectivity index (χ1n) is 8.32. The van der Waals surface area contributed by atoms with Crippen molar-refractivity contribution in [3.8, 4) is 0 Å². The Balaban J connectivity index is 0.00000208. The highest BCUT2D eigenvalue weighted by Gasteiger charge is 2.25. The van der Waals surface area contributed by atoms with Crippen molar-refractivity contribution in [3.05, 3.63) is 58.9 Å². The van der Waals surface area contributed by atoms with E-state index in [2.05, 4.69) is 23.6 Å². The van der Waals surface area contributed by atoms with Gasteiger partial charge in [-0.05, 0) is 38.3 Å². The van der Waals surface area contributed by atoms with Gasteiger partial charge in [0.1, 0.15) is 0 Å². The number of aromatic nitrogens is 1. The van der Waals surface area contributed by atoms with Crippen molar-refractivity contribution in [3.63, 3.8) is 0 Å². The van der Waals surface area contributed by atoms with Crippen LogP contribution in [0, 0.1) is 13.8 Å². The van der Waals surface area contributed by atoms with Gasteiger partial charge >= 0.3 is 0 Å². The molecule has 1 amide bonds. The summed E-state index contributed by atoms with van der Waals surface area (Å²) in [6.07, 6.45) is 2.01. The number of hydrogen-bond donors (Lipinski definition) is 1. The third-order valence-corrected chi connectivity index (χ3v) is 4.73. The minimum absolute atomic E-state index is 0. The second kappa shape index (κ2) is 7.86. The Bertz CT molecular complexity index is 696. The van der Waals surface area contributed by atoms with E-state index in [4.69, 9.17) is 5.73 Å². The molecule has 0 radical (unpaired) electrons. The molecule has 2 heterocycles. The molecule has 1 fully saturated rings. The highest BCUT2D eigenvalue weighted by atomic mass is 35.5. The number of rotatable bonds is 3. The summed E-state index contributed by atoms with van der Waals surface area (Å²) < 4.78 is 2.21. The smallest absolute Gasteiger partial charge is 0.255 e. The van der Waals surface area contributed by atoms with Crippen LogP contribution in [-0.4, -0.2) is 34.5 Å². The van der Waals surface area contributed by atoms with Crippen molar-refractivity contribution in [2.24, 2.45) is 5.73 Å². The van der Waals surface area contributed by atoms with Gasteiger partial charge in [0, 0.05) is 37.1 Å². The second-order valence-electron chi connectivity index (χ2n) is 6.51. The minimum atomic E-state index is 0. The number of halogens is 1. The summed E-state index contributed by atoms with van der Waals surface area (Å²) in [5.41, 5.74) is 10.2. The molecule has 0 bridgehead atoms. The van der Waals surface area contributed by atoms with E-state index in [0.29, 0.717) is 6.54 Å². The molecule has 1 aromatic heterocycles. The average Bonchev–Trinajstić information content (AvgIpc) is 2.83. The Labute approximate surface area is 150 Å². The first-order chi connectivity index (χ1) is 11.1. The van der Waals surface area contributed by atoms with Crippen LogP contribution in [0.25, 0.3) is 0 Å². The van der Waals surface area contributed by atoms with Crippen molar-refractivity contribution in [1.29, 1.82) is 0 Å². The molecule has 1 atom stereocenters. The standard InChI is InChI=1S/C19H25N3O.ClH/c1-14-11-18(19(23)21-10-6-9-17(20)13-21)15(2)22(14)12-16-7-4-3-5-8-16;/h3-5,7-8,11,17H,6,9-10,12-13,20H2,1-2H3;1H. The second-order valence-corrected chi connectivity index (χ2v) is 6.51. The SMILES string of the molecule is Cc1cc(C(=O)N2CCCC(N)C2)c(C)n1Cc1ccccc1.Cl. The van der Waals surface area contributed by atoms with Crippen LogP contribution in [0.15, 0.2) is 36.4 Å². The molecule has 2 aromatic rings. The lowest BCUT2D eigenvalue weighted by atomic mass is 10.1. The Morgan fingerprint density at radius 1 is 1.25 bits per heavy atom. The fraction of sp³-hybridized carbons (Fsp3) is 0.421. The van der Waals surface area contributed by atoms with Crippen molar-refractivity contribution in [1.82, 2.24) is 9.47 Å². The number of nitrogens with zero attached hydrogens (tertiary/aromatic N) is 2. The quantitative estimate of drug-likeness (QED) is 0.927. The van der Waals surface area contributed by atoms with E-state index in [1.165, 1.54) is 5.56 Å². The largest absolute Gasteiger partial charge is 0.344 e. The highest BCUT2D eigenvalue weighted by molar-refractivity contribution is 5.95. The monoisotopic (exact) mass is 347 g/mol. The Kier molecular flexibility index (Phi) is 6.08. The molecule has 0 saturated carbocycles. The average molecular weight is 348 g/mol. The van der Waals surface area contributed by atoms with Crippen LogP contribution in [0.2, 0.25) is 0 Å². The number of piperidine rings is 1. The predicted molar refractivity (Wildman–Crippen MR) is 99.8 cm³/mol. The summed E-state index contributed by atoms with van der Waals surface area (Å²) in [6, 6.07) is 12.5. The van der Waals surface area contributed by atoms with Crippen LogP contribution in [0.3, 0.4) is 0 Å². The molecule has 24 heavy (non-hydrogen) atoms. The maximum Gasteiger partial charge on any atom is 0.255 e. The van der Waals surface area contributed by atoms with Gasteiger partial charge in [-0.2, -0.15) is 0 Å². The number of likely N-dealkylation sites (tertiary alicyclic amines) is 1. The molecule has 2 N–H and O–H groups in total. The normalized spacial score (nSPS) is 17.5. The van der Waals surface area contributed by atoms with Gasteiger partial charge in [-0.1, -0.05) is 30.3 Å². The minimum Gasteiger partial charge on any atom is -0.344 e. The van der Waals surface area contributed by atoms with E-state index in [-0.39, 0.29) is 24.4 Å². The van der Waals surface area contributed by atoms with E-state index < -0.39 is 0 Å². The lowest BCUT2D eigenvalue weighted by molar-refractivity contribution is 0.0708. The number of benzene rings is 1. The molecular weight excluding hydrogens is 322 g/mol. The lowest BCUT2D eigenvalue weighted by Gasteiger charge is -2.30. The predicted octanol–water partition coefficient (Wildman–Crippen LogP) is 3.14. The summed E-state index contributed by atoms with van der Waals surface area (Å²) >= 11 is 0. The topological polar surface area (TPSA) is 51.3 Å². The van der Waals surface area contributed by atoms with Gasteiger partial charge in [0.2, 0.25) is 0 Å². The van der Waals surface area contributed by atoms with Gasteiger partial charge < -0.3 is 15.2 Å². The van der Waals surface area contributed by atoms with Crippen LogP contribution in [0.1, 0.15) is 40.2 Å². The van der Waals surface area contributed by atoms with Crippen molar-refractivity contribution >= 4 is 18.3 Å². The Hall–Kier alpha value is -1.78. The number of amides is 1. The van der Waals surface area contributed by atoms with Crippen molar-refractivity contribution < 1.29 is 4.79 Å². The number of carbonyl (C=O) groups excluding carboxylic acids is 1. The molecule has 1 aliphatic heterocycles. The van der Waals surface area contributed by atoms with Gasteiger partial charge in [0.25, 0.3) is 5.91 Å². The first kappa shape index (κ1) is 18.6. The number of nitrogens with two attached hydrogens (primary N) is 1. The van der Waals surface area contributed by atoms with E-state index >= 15 is 0 Å². The van der Waals surface area contributed by atoms with E-state index in [1.807, 2.05) is 36.1 Å². The molecule has 1 saturated heterocycles. The van der Waals surface area contributed by atoms with Gasteiger partial charge in [-0.15, -0.1) is 12.4 Å². The van der Waals surface area contributed by atoms with Crippen LogP contribution in [0.4, 0.5) is 0 Å². The molecule has 130 valence electrons. The van der Waals surface area contributed by atoms with Gasteiger partial charge in [0.15, 0.2) is 0 Å². The maximum absolute atomic E-state index is 12.8.